The van der Waals surface area contributed by atoms with Crippen LogP contribution in [0.25, 0.3) is 0 Å². The zero-order valence-corrected chi connectivity index (χ0v) is 11.6. The number of nitrogens with zero attached hydrogens (tertiary/aromatic N) is 1. The number of benzene rings is 1. The van der Waals surface area contributed by atoms with Crippen LogP contribution in [0, 0.1) is 5.82 Å². The summed E-state index contributed by atoms with van der Waals surface area (Å²) in [5, 5.41) is 2.58. The molecule has 1 aliphatic heterocycles. The molecule has 3 nitrogen and oxygen atoms in total. The third kappa shape index (κ3) is 3.13. The Morgan fingerprint density at radius 1 is 1.33 bits per heavy atom. The first-order valence-electron chi connectivity index (χ1n) is 5.82. The van der Waals surface area contributed by atoms with E-state index in [0.717, 1.165) is 13.1 Å². The standard InChI is InChI=1S/C12H15Cl2FN2O/c1-8(16-17-4-6-18-7-5-17)11-9(13)2-3-10(15)12(11)14/h2-3,8,16H,4-7H2,1H3. The van der Waals surface area contributed by atoms with E-state index in [2.05, 4.69) is 5.43 Å². The van der Waals surface area contributed by atoms with Crippen LogP contribution in [-0.4, -0.2) is 31.3 Å². The summed E-state index contributed by atoms with van der Waals surface area (Å²) in [6.07, 6.45) is 0. The van der Waals surface area contributed by atoms with Crippen LogP contribution in [0.2, 0.25) is 10.0 Å². The summed E-state index contributed by atoms with van der Waals surface area (Å²) in [7, 11) is 0. The Bertz CT molecular complexity index is 425. The molecule has 0 amide bonds. The van der Waals surface area contributed by atoms with Gasteiger partial charge in [0.15, 0.2) is 0 Å². The van der Waals surface area contributed by atoms with Crippen LogP contribution in [-0.2, 0) is 4.74 Å². The highest BCUT2D eigenvalue weighted by molar-refractivity contribution is 6.36. The molecule has 100 valence electrons. The molecule has 0 aliphatic carbocycles. The third-order valence-electron chi connectivity index (χ3n) is 2.90. The average Bonchev–Trinajstić information content (AvgIpc) is 2.36. The lowest BCUT2D eigenvalue weighted by atomic mass is 10.1. The number of ether oxygens (including phenoxy) is 1. The van der Waals surface area contributed by atoms with Crippen molar-refractivity contribution in [1.82, 2.24) is 10.4 Å². The quantitative estimate of drug-likeness (QED) is 0.867. The number of halogens is 3. The molecule has 1 N–H and O–H groups in total. The van der Waals surface area contributed by atoms with Gasteiger partial charge in [-0.3, -0.25) is 0 Å². The van der Waals surface area contributed by atoms with Gasteiger partial charge in [-0.05, 0) is 19.1 Å². The summed E-state index contributed by atoms with van der Waals surface area (Å²) in [5.74, 6) is -0.452. The molecule has 0 bridgehead atoms. The molecule has 1 atom stereocenters. The number of rotatable bonds is 3. The molecule has 0 spiro atoms. The fourth-order valence-corrected chi connectivity index (χ4v) is 2.67. The van der Waals surface area contributed by atoms with Crippen molar-refractivity contribution in [2.24, 2.45) is 0 Å². The second-order valence-corrected chi connectivity index (χ2v) is 4.99. The molecule has 1 aliphatic rings. The average molecular weight is 293 g/mol. The summed E-state index contributed by atoms with van der Waals surface area (Å²) in [5.41, 5.74) is 3.85. The summed E-state index contributed by atoms with van der Waals surface area (Å²) in [4.78, 5) is 0. The first-order chi connectivity index (χ1) is 8.59. The van der Waals surface area contributed by atoms with E-state index in [1.54, 1.807) is 0 Å². The van der Waals surface area contributed by atoms with Crippen molar-refractivity contribution in [3.63, 3.8) is 0 Å². The van der Waals surface area contributed by atoms with Gasteiger partial charge in [-0.2, -0.15) is 0 Å². The van der Waals surface area contributed by atoms with Crippen molar-refractivity contribution in [3.05, 3.63) is 33.6 Å². The van der Waals surface area contributed by atoms with E-state index >= 15 is 0 Å². The minimum Gasteiger partial charge on any atom is -0.379 e. The van der Waals surface area contributed by atoms with E-state index in [4.69, 9.17) is 27.9 Å². The molecule has 0 radical (unpaired) electrons. The van der Waals surface area contributed by atoms with Crippen molar-refractivity contribution in [3.8, 4) is 0 Å². The Morgan fingerprint density at radius 2 is 2.00 bits per heavy atom. The summed E-state index contributed by atoms with van der Waals surface area (Å²) < 4.78 is 18.7. The van der Waals surface area contributed by atoms with E-state index in [1.165, 1.54) is 12.1 Å². The van der Waals surface area contributed by atoms with Crippen LogP contribution in [0.4, 0.5) is 4.39 Å². The fourth-order valence-electron chi connectivity index (χ4n) is 1.97. The maximum absolute atomic E-state index is 13.4. The Balaban J connectivity index is 2.12. The molecule has 6 heteroatoms. The molecule has 0 saturated carbocycles. The van der Waals surface area contributed by atoms with Crippen molar-refractivity contribution in [1.29, 1.82) is 0 Å². The predicted molar refractivity (Wildman–Crippen MR) is 70.4 cm³/mol. The molecule has 0 aromatic heterocycles. The minimum absolute atomic E-state index is 0.0794. The lowest BCUT2D eigenvalue weighted by Crippen LogP contribution is -2.46. The van der Waals surface area contributed by atoms with E-state index in [1.807, 2.05) is 11.9 Å². The van der Waals surface area contributed by atoms with Gasteiger partial charge in [0.2, 0.25) is 0 Å². The van der Waals surface area contributed by atoms with Gasteiger partial charge in [0, 0.05) is 29.7 Å². The molecule has 1 saturated heterocycles. The zero-order valence-electron chi connectivity index (χ0n) is 10.0. The van der Waals surface area contributed by atoms with E-state index in [0.29, 0.717) is 23.8 Å². The van der Waals surface area contributed by atoms with Crippen molar-refractivity contribution >= 4 is 23.2 Å². The van der Waals surface area contributed by atoms with Crippen LogP contribution >= 0.6 is 23.2 Å². The summed E-state index contributed by atoms with van der Waals surface area (Å²) in [6, 6.07) is 2.64. The SMILES string of the molecule is CC(NN1CCOCC1)c1c(Cl)ccc(F)c1Cl. The largest absolute Gasteiger partial charge is 0.379 e. The second kappa shape index (κ2) is 6.17. The Kier molecular flexibility index (Phi) is 4.81. The molecular weight excluding hydrogens is 278 g/mol. The molecule has 1 heterocycles. The molecular formula is C12H15Cl2FN2O. The van der Waals surface area contributed by atoms with Gasteiger partial charge in [0.05, 0.1) is 18.2 Å². The van der Waals surface area contributed by atoms with Crippen LogP contribution in [0.3, 0.4) is 0 Å². The number of hydrazine groups is 1. The van der Waals surface area contributed by atoms with Gasteiger partial charge in [-0.15, -0.1) is 0 Å². The monoisotopic (exact) mass is 292 g/mol. The second-order valence-electron chi connectivity index (χ2n) is 4.21. The molecule has 2 rings (SSSR count). The van der Waals surface area contributed by atoms with Crippen molar-refractivity contribution in [2.75, 3.05) is 26.3 Å². The van der Waals surface area contributed by atoms with Crippen molar-refractivity contribution < 1.29 is 9.13 Å². The maximum atomic E-state index is 13.4. The first kappa shape index (κ1) is 14.0. The lowest BCUT2D eigenvalue weighted by Gasteiger charge is -2.31. The first-order valence-corrected chi connectivity index (χ1v) is 6.57. The van der Waals surface area contributed by atoms with Crippen LogP contribution in [0.15, 0.2) is 12.1 Å². The number of hydrogen-bond donors (Lipinski definition) is 1. The van der Waals surface area contributed by atoms with Crippen molar-refractivity contribution in [2.45, 2.75) is 13.0 Å². The maximum Gasteiger partial charge on any atom is 0.142 e. The molecule has 1 fully saturated rings. The fraction of sp³-hybridized carbons (Fsp3) is 0.500. The number of hydrogen-bond acceptors (Lipinski definition) is 3. The number of nitrogens with one attached hydrogen (secondary N) is 1. The van der Waals surface area contributed by atoms with Gasteiger partial charge in [0.1, 0.15) is 5.82 Å². The van der Waals surface area contributed by atoms with Gasteiger partial charge >= 0.3 is 0 Å². The Morgan fingerprint density at radius 3 is 2.67 bits per heavy atom. The van der Waals surface area contributed by atoms with Crippen LogP contribution in [0.1, 0.15) is 18.5 Å². The molecule has 1 aromatic carbocycles. The Labute approximate surface area is 116 Å². The molecule has 1 aromatic rings. The van der Waals surface area contributed by atoms with Crippen LogP contribution in [0.5, 0.6) is 0 Å². The number of morpholine rings is 1. The highest BCUT2D eigenvalue weighted by Gasteiger charge is 2.20. The van der Waals surface area contributed by atoms with E-state index in [9.17, 15) is 4.39 Å². The summed E-state index contributed by atoms with van der Waals surface area (Å²) >= 11 is 12.0. The molecule has 1 unspecified atom stereocenters. The normalized spacial score (nSPS) is 18.9. The van der Waals surface area contributed by atoms with E-state index in [-0.39, 0.29) is 11.1 Å². The van der Waals surface area contributed by atoms with Gasteiger partial charge < -0.3 is 4.74 Å². The molecule has 18 heavy (non-hydrogen) atoms. The lowest BCUT2D eigenvalue weighted by molar-refractivity contribution is 0.00484. The van der Waals surface area contributed by atoms with Gasteiger partial charge in [0.25, 0.3) is 0 Å². The minimum atomic E-state index is -0.452. The predicted octanol–water partition coefficient (Wildman–Crippen LogP) is 3.03. The highest BCUT2D eigenvalue weighted by atomic mass is 35.5. The smallest absolute Gasteiger partial charge is 0.142 e. The topological polar surface area (TPSA) is 24.5 Å². The highest BCUT2D eigenvalue weighted by Crippen LogP contribution is 2.32. The zero-order chi connectivity index (χ0) is 13.1. The van der Waals surface area contributed by atoms with Gasteiger partial charge in [-0.1, -0.05) is 23.2 Å². The van der Waals surface area contributed by atoms with Gasteiger partial charge in [-0.25, -0.2) is 14.8 Å². The third-order valence-corrected chi connectivity index (χ3v) is 3.61. The summed E-state index contributed by atoms with van der Waals surface area (Å²) in [6.45, 7) is 4.85. The Hall–Kier alpha value is -0.390. The van der Waals surface area contributed by atoms with E-state index < -0.39 is 5.82 Å². The van der Waals surface area contributed by atoms with Crippen LogP contribution < -0.4 is 5.43 Å².